The summed E-state index contributed by atoms with van der Waals surface area (Å²) in [5.74, 6) is 1.12. The Balaban J connectivity index is 1.39. The fraction of sp³-hybridized carbons (Fsp3) is 0.750. The summed E-state index contributed by atoms with van der Waals surface area (Å²) in [6.45, 7) is 5.81. The van der Waals surface area contributed by atoms with Crippen LogP contribution in [0.3, 0.4) is 0 Å². The van der Waals surface area contributed by atoms with Crippen molar-refractivity contribution in [1.29, 1.82) is 0 Å². The zero-order valence-electron chi connectivity index (χ0n) is 15.5. The molecule has 3 aliphatic rings. The summed E-state index contributed by atoms with van der Waals surface area (Å²) in [4.78, 5) is 11.3. The SMILES string of the molecule is CN=C(NCC(c1cccs1)N1CCCC1)N1CCC2(CCCC2)C1. The molecule has 1 aliphatic carbocycles. The number of hydrogen-bond acceptors (Lipinski definition) is 3. The van der Waals surface area contributed by atoms with E-state index in [2.05, 4.69) is 37.6 Å². The van der Waals surface area contributed by atoms with Gasteiger partial charge in [-0.25, -0.2) is 0 Å². The Morgan fingerprint density at radius 2 is 2.00 bits per heavy atom. The van der Waals surface area contributed by atoms with Gasteiger partial charge in [0.1, 0.15) is 0 Å². The second-order valence-corrected chi connectivity index (χ2v) is 9.06. The number of thiophene rings is 1. The quantitative estimate of drug-likeness (QED) is 0.656. The summed E-state index contributed by atoms with van der Waals surface area (Å²) in [5, 5.41) is 5.93. The average Bonchev–Trinajstić information content (AvgIpc) is 3.42. The van der Waals surface area contributed by atoms with Crippen LogP contribution in [0.2, 0.25) is 0 Å². The molecular weight excluding hydrogens is 328 g/mol. The highest BCUT2D eigenvalue weighted by Crippen LogP contribution is 2.45. The van der Waals surface area contributed by atoms with Gasteiger partial charge >= 0.3 is 0 Å². The van der Waals surface area contributed by atoms with E-state index in [9.17, 15) is 0 Å². The van der Waals surface area contributed by atoms with Crippen LogP contribution < -0.4 is 5.32 Å². The van der Waals surface area contributed by atoms with Crippen LogP contribution in [-0.2, 0) is 0 Å². The van der Waals surface area contributed by atoms with E-state index in [4.69, 9.17) is 0 Å². The van der Waals surface area contributed by atoms with Gasteiger partial charge in [0.25, 0.3) is 0 Å². The molecule has 1 unspecified atom stereocenters. The van der Waals surface area contributed by atoms with Gasteiger partial charge in [0, 0.05) is 31.6 Å². The number of rotatable bonds is 4. The second kappa shape index (κ2) is 7.67. The zero-order valence-corrected chi connectivity index (χ0v) is 16.4. The van der Waals surface area contributed by atoms with Crippen LogP contribution in [0.25, 0.3) is 0 Å². The molecule has 4 rings (SSSR count). The van der Waals surface area contributed by atoms with Crippen molar-refractivity contribution in [1.82, 2.24) is 15.1 Å². The van der Waals surface area contributed by atoms with E-state index < -0.39 is 0 Å². The predicted octanol–water partition coefficient (Wildman–Crippen LogP) is 3.73. The van der Waals surface area contributed by atoms with Crippen molar-refractivity contribution in [3.63, 3.8) is 0 Å². The third-order valence-electron chi connectivity index (χ3n) is 6.52. The molecule has 0 bridgehead atoms. The lowest BCUT2D eigenvalue weighted by Gasteiger charge is -2.30. The molecule has 3 fully saturated rings. The maximum atomic E-state index is 4.62. The van der Waals surface area contributed by atoms with E-state index in [1.165, 1.54) is 76.0 Å². The van der Waals surface area contributed by atoms with E-state index in [1.54, 1.807) is 0 Å². The van der Waals surface area contributed by atoms with Crippen LogP contribution >= 0.6 is 11.3 Å². The van der Waals surface area contributed by atoms with Crippen molar-refractivity contribution in [2.75, 3.05) is 39.8 Å². The third kappa shape index (κ3) is 3.72. The van der Waals surface area contributed by atoms with Gasteiger partial charge in [-0.15, -0.1) is 11.3 Å². The molecule has 1 saturated carbocycles. The zero-order chi connectivity index (χ0) is 17.1. The number of hydrogen-bond donors (Lipinski definition) is 1. The van der Waals surface area contributed by atoms with E-state index in [1.807, 2.05) is 18.4 Å². The molecule has 4 nitrogen and oxygen atoms in total. The maximum absolute atomic E-state index is 4.62. The fourth-order valence-corrected chi connectivity index (χ4v) is 5.97. The van der Waals surface area contributed by atoms with E-state index in [-0.39, 0.29) is 0 Å². The molecule has 25 heavy (non-hydrogen) atoms. The lowest BCUT2D eigenvalue weighted by Crippen LogP contribution is -2.44. The Bertz CT molecular complexity index is 571. The van der Waals surface area contributed by atoms with Crippen molar-refractivity contribution in [2.45, 2.75) is 51.0 Å². The molecule has 1 spiro atoms. The first-order chi connectivity index (χ1) is 12.3. The molecule has 1 aromatic rings. The van der Waals surface area contributed by atoms with Gasteiger partial charge in [-0.2, -0.15) is 0 Å². The van der Waals surface area contributed by atoms with Gasteiger partial charge < -0.3 is 10.2 Å². The molecule has 0 aromatic carbocycles. The molecule has 1 N–H and O–H groups in total. The summed E-state index contributed by atoms with van der Waals surface area (Å²) in [7, 11) is 1.94. The van der Waals surface area contributed by atoms with Gasteiger partial charge in [-0.1, -0.05) is 18.9 Å². The van der Waals surface area contributed by atoms with E-state index >= 15 is 0 Å². The highest BCUT2D eigenvalue weighted by Gasteiger charge is 2.41. The first-order valence-corrected chi connectivity index (χ1v) is 10.9. The van der Waals surface area contributed by atoms with Crippen LogP contribution in [0.5, 0.6) is 0 Å². The first-order valence-electron chi connectivity index (χ1n) is 10.0. The molecular formula is C20H32N4S. The molecule has 1 atom stereocenters. The smallest absolute Gasteiger partial charge is 0.193 e. The minimum atomic E-state index is 0.488. The summed E-state index contributed by atoms with van der Waals surface area (Å²) in [6, 6.07) is 4.96. The topological polar surface area (TPSA) is 30.9 Å². The van der Waals surface area contributed by atoms with Gasteiger partial charge in [-0.05, 0) is 62.1 Å². The van der Waals surface area contributed by atoms with Crippen LogP contribution in [0.15, 0.2) is 22.5 Å². The van der Waals surface area contributed by atoms with Gasteiger partial charge in [0.15, 0.2) is 5.96 Å². The van der Waals surface area contributed by atoms with E-state index in [0.717, 1.165) is 12.5 Å². The van der Waals surface area contributed by atoms with Crippen LogP contribution in [-0.4, -0.2) is 55.5 Å². The summed E-state index contributed by atoms with van der Waals surface area (Å²) in [5.41, 5.74) is 0.597. The van der Waals surface area contributed by atoms with E-state index in [0.29, 0.717) is 11.5 Å². The predicted molar refractivity (Wildman–Crippen MR) is 106 cm³/mol. The number of guanidine groups is 1. The third-order valence-corrected chi connectivity index (χ3v) is 7.49. The Hall–Kier alpha value is -1.07. The Labute approximate surface area is 156 Å². The number of likely N-dealkylation sites (tertiary alicyclic amines) is 2. The van der Waals surface area contributed by atoms with Gasteiger partial charge in [-0.3, -0.25) is 9.89 Å². The molecule has 0 radical (unpaired) electrons. The number of nitrogens with zero attached hydrogens (tertiary/aromatic N) is 3. The maximum Gasteiger partial charge on any atom is 0.193 e. The molecule has 0 amide bonds. The lowest BCUT2D eigenvalue weighted by atomic mass is 9.86. The van der Waals surface area contributed by atoms with Crippen molar-refractivity contribution < 1.29 is 0 Å². The largest absolute Gasteiger partial charge is 0.354 e. The van der Waals surface area contributed by atoms with Crippen molar-refractivity contribution in [3.8, 4) is 0 Å². The van der Waals surface area contributed by atoms with Crippen molar-refractivity contribution >= 4 is 17.3 Å². The Kier molecular flexibility index (Phi) is 5.32. The molecule has 5 heteroatoms. The molecule has 1 aromatic heterocycles. The highest BCUT2D eigenvalue weighted by molar-refractivity contribution is 7.10. The Morgan fingerprint density at radius 1 is 1.20 bits per heavy atom. The standard InChI is InChI=1S/C20H32N4S/c1-21-19(24-13-10-20(16-24)8-2-3-9-20)22-15-17(18-7-6-14-25-18)23-11-4-5-12-23/h6-7,14,17H,2-5,8-13,15-16H2,1H3,(H,21,22). The van der Waals surface area contributed by atoms with Crippen LogP contribution in [0.4, 0.5) is 0 Å². The first kappa shape index (κ1) is 17.3. The Morgan fingerprint density at radius 3 is 2.68 bits per heavy atom. The summed E-state index contributed by atoms with van der Waals surface area (Å²) in [6.07, 6.45) is 9.73. The fourth-order valence-electron chi connectivity index (χ4n) is 5.11. The summed E-state index contributed by atoms with van der Waals surface area (Å²) < 4.78 is 0. The average molecular weight is 361 g/mol. The minimum absolute atomic E-state index is 0.488. The van der Waals surface area contributed by atoms with Crippen LogP contribution in [0, 0.1) is 5.41 Å². The highest BCUT2D eigenvalue weighted by atomic mass is 32.1. The second-order valence-electron chi connectivity index (χ2n) is 8.08. The normalized spacial score (nSPS) is 25.2. The number of aliphatic imine (C=N–C) groups is 1. The lowest BCUT2D eigenvalue weighted by molar-refractivity contribution is 0.246. The molecule has 2 saturated heterocycles. The summed E-state index contributed by atoms with van der Waals surface area (Å²) >= 11 is 1.89. The van der Waals surface area contributed by atoms with Crippen molar-refractivity contribution in [2.24, 2.45) is 10.4 Å². The van der Waals surface area contributed by atoms with Gasteiger partial charge in [0.2, 0.25) is 0 Å². The molecule has 3 heterocycles. The van der Waals surface area contributed by atoms with Gasteiger partial charge in [0.05, 0.1) is 6.04 Å². The minimum Gasteiger partial charge on any atom is -0.354 e. The molecule has 138 valence electrons. The molecule has 2 aliphatic heterocycles. The monoisotopic (exact) mass is 360 g/mol. The van der Waals surface area contributed by atoms with Crippen molar-refractivity contribution in [3.05, 3.63) is 22.4 Å². The number of nitrogens with one attached hydrogen (secondary N) is 1. The van der Waals surface area contributed by atoms with Crippen LogP contribution in [0.1, 0.15) is 55.9 Å².